The second kappa shape index (κ2) is 14.4. The van der Waals surface area contributed by atoms with Gasteiger partial charge in [-0.2, -0.15) is 0 Å². The fraction of sp³-hybridized carbons (Fsp3) is 0.800. The van der Waals surface area contributed by atoms with Gasteiger partial charge in [-0.1, -0.05) is 90.5 Å². The number of phenolic OH excluding ortho intramolecular Hbond substituents is 1. The zero-order chi connectivity index (χ0) is 27.8. The van der Waals surface area contributed by atoms with E-state index in [1.54, 1.807) is 0 Å². The van der Waals surface area contributed by atoms with Crippen LogP contribution in [-0.4, -0.2) is 27.4 Å². The van der Waals surface area contributed by atoms with E-state index in [1.807, 2.05) is 12.1 Å². The maximum absolute atomic E-state index is 11.7. The Morgan fingerprint density at radius 2 is 1.62 bits per heavy atom. The van der Waals surface area contributed by atoms with Crippen LogP contribution in [0.5, 0.6) is 5.75 Å². The summed E-state index contributed by atoms with van der Waals surface area (Å²) in [4.78, 5) is 11.7. The molecule has 4 nitrogen and oxygen atoms in total. The molecule has 39 heavy (non-hydrogen) atoms. The van der Waals surface area contributed by atoms with Crippen molar-refractivity contribution in [2.45, 2.75) is 148 Å². The predicted molar refractivity (Wildman–Crippen MR) is 159 cm³/mol. The Bertz CT molecular complexity index is 912. The van der Waals surface area contributed by atoms with Gasteiger partial charge in [0, 0.05) is 0 Å². The average molecular weight is 541 g/mol. The number of hydrogen-bond donors (Lipinski definition) is 3. The van der Waals surface area contributed by atoms with Crippen LogP contribution in [0.25, 0.3) is 0 Å². The highest BCUT2D eigenvalue weighted by Gasteiger charge is 2.57. The number of carboxylic acid groups (broad SMARTS) is 1. The maximum atomic E-state index is 11.7. The molecule has 2 saturated carbocycles. The highest BCUT2D eigenvalue weighted by Crippen LogP contribution is 2.63. The number of aliphatic hydroxyl groups excluding tert-OH is 1. The molecule has 0 amide bonds. The van der Waals surface area contributed by atoms with Gasteiger partial charge in [-0.15, -0.1) is 0 Å². The summed E-state index contributed by atoms with van der Waals surface area (Å²) >= 11 is 0. The monoisotopic (exact) mass is 540 g/mol. The van der Waals surface area contributed by atoms with Gasteiger partial charge in [0.15, 0.2) is 0 Å². The minimum Gasteiger partial charge on any atom is -0.508 e. The van der Waals surface area contributed by atoms with Gasteiger partial charge < -0.3 is 15.3 Å². The van der Waals surface area contributed by atoms with Crippen molar-refractivity contribution in [1.82, 2.24) is 0 Å². The molecular formula is C35H56O4. The van der Waals surface area contributed by atoms with Gasteiger partial charge in [-0.25, -0.2) is 0 Å². The van der Waals surface area contributed by atoms with Gasteiger partial charge in [-0.05, 0) is 104 Å². The van der Waals surface area contributed by atoms with E-state index in [4.69, 9.17) is 0 Å². The summed E-state index contributed by atoms with van der Waals surface area (Å²) in [6.45, 7) is 4.59. The highest BCUT2D eigenvalue weighted by atomic mass is 16.4. The number of aliphatic hydroxyl groups is 1. The SMILES string of the molecule is CCCCCCCC(CCCCCCCC[C@H]1C[C@@]2(C)C(CC[C@@H]2O)C2CCc3cc(O)ccc3C21)C(=O)O. The lowest BCUT2D eigenvalue weighted by Gasteiger charge is -2.54. The third-order valence-corrected chi connectivity index (χ3v) is 11.2. The van der Waals surface area contributed by atoms with Crippen molar-refractivity contribution in [2.24, 2.45) is 29.1 Å². The molecule has 4 rings (SSSR count). The normalized spacial score (nSPS) is 30.4. The number of carboxylic acids is 1. The Morgan fingerprint density at radius 3 is 2.31 bits per heavy atom. The minimum atomic E-state index is -0.598. The van der Waals surface area contributed by atoms with E-state index in [-0.39, 0.29) is 17.4 Å². The lowest BCUT2D eigenvalue weighted by Crippen LogP contribution is -2.47. The van der Waals surface area contributed by atoms with E-state index in [9.17, 15) is 20.1 Å². The van der Waals surface area contributed by atoms with E-state index in [1.165, 1.54) is 81.8 Å². The van der Waals surface area contributed by atoms with Gasteiger partial charge >= 0.3 is 5.97 Å². The van der Waals surface area contributed by atoms with E-state index < -0.39 is 5.97 Å². The van der Waals surface area contributed by atoms with Crippen LogP contribution >= 0.6 is 0 Å². The maximum Gasteiger partial charge on any atom is 0.306 e. The van der Waals surface area contributed by atoms with E-state index in [0.717, 1.165) is 51.4 Å². The molecule has 3 N–H and O–H groups in total. The van der Waals surface area contributed by atoms with Crippen LogP contribution in [0.15, 0.2) is 18.2 Å². The van der Waals surface area contributed by atoms with E-state index >= 15 is 0 Å². The molecule has 4 heteroatoms. The minimum absolute atomic E-state index is 0.0664. The summed E-state index contributed by atoms with van der Waals surface area (Å²) in [6, 6.07) is 6.09. The van der Waals surface area contributed by atoms with Gasteiger partial charge in [-0.3, -0.25) is 4.79 Å². The molecule has 4 unspecified atom stereocenters. The Morgan fingerprint density at radius 1 is 0.949 bits per heavy atom. The first kappa shape index (κ1) is 30.4. The van der Waals surface area contributed by atoms with Crippen LogP contribution in [0.3, 0.4) is 0 Å². The number of rotatable bonds is 16. The first-order valence-corrected chi connectivity index (χ1v) is 16.6. The average Bonchev–Trinajstić information content (AvgIpc) is 3.21. The number of benzene rings is 1. The van der Waals surface area contributed by atoms with E-state index in [2.05, 4.69) is 19.9 Å². The van der Waals surface area contributed by atoms with Crippen molar-refractivity contribution in [3.05, 3.63) is 29.3 Å². The Labute approximate surface area is 238 Å². The number of unbranched alkanes of at least 4 members (excludes halogenated alkanes) is 9. The quantitative estimate of drug-likeness (QED) is 0.183. The molecule has 0 radical (unpaired) electrons. The second-order valence-electron chi connectivity index (χ2n) is 13.7. The van der Waals surface area contributed by atoms with Gasteiger partial charge in [0.25, 0.3) is 0 Å². The fourth-order valence-corrected chi connectivity index (χ4v) is 9.02. The number of hydrogen-bond acceptors (Lipinski definition) is 3. The highest BCUT2D eigenvalue weighted by molar-refractivity contribution is 5.69. The molecule has 0 aliphatic heterocycles. The first-order chi connectivity index (χ1) is 18.8. The lowest BCUT2D eigenvalue weighted by molar-refractivity contribution is -0.142. The van der Waals surface area contributed by atoms with Crippen LogP contribution in [0.1, 0.15) is 146 Å². The standard InChI is InChI=1S/C35H56O4/c1-3-4-5-8-11-14-25(34(38)39)15-12-9-6-7-10-13-16-27-24-35(2)31(21-22-32(35)37)30-19-17-26-23-28(36)18-20-29(26)33(27)30/h18,20,23,25,27,30-33,36-37H,3-17,19,21-22,24H2,1-2H3,(H,38,39)/t25?,27-,30?,31?,32-,33?,35-/m0/s1. The van der Waals surface area contributed by atoms with Crippen LogP contribution in [0, 0.1) is 29.1 Å². The topological polar surface area (TPSA) is 77.8 Å². The molecule has 7 atom stereocenters. The van der Waals surface area contributed by atoms with Crippen molar-refractivity contribution < 1.29 is 20.1 Å². The molecule has 0 spiro atoms. The Balaban J connectivity index is 1.22. The smallest absolute Gasteiger partial charge is 0.306 e. The van der Waals surface area contributed by atoms with E-state index in [0.29, 0.717) is 29.4 Å². The molecule has 220 valence electrons. The third kappa shape index (κ3) is 7.40. The van der Waals surface area contributed by atoms with Gasteiger partial charge in [0.1, 0.15) is 5.75 Å². The van der Waals surface area contributed by atoms with Crippen LogP contribution < -0.4 is 0 Å². The molecule has 0 aromatic heterocycles. The number of aromatic hydroxyl groups is 1. The molecule has 1 aromatic rings. The molecule has 2 fully saturated rings. The molecule has 1 aromatic carbocycles. The Hall–Kier alpha value is -1.55. The number of aryl methyl sites for hydroxylation is 1. The summed E-state index contributed by atoms with van der Waals surface area (Å²) in [7, 11) is 0. The van der Waals surface area contributed by atoms with Crippen LogP contribution in [-0.2, 0) is 11.2 Å². The lowest BCUT2D eigenvalue weighted by atomic mass is 9.51. The molecule has 0 heterocycles. The summed E-state index contributed by atoms with van der Waals surface area (Å²) in [5, 5.41) is 30.7. The number of aliphatic carboxylic acids is 1. The first-order valence-electron chi connectivity index (χ1n) is 16.6. The summed E-state index contributed by atoms with van der Waals surface area (Å²) in [5.41, 5.74) is 2.90. The number of fused-ring (bicyclic) bond motifs is 5. The summed E-state index contributed by atoms with van der Waals surface area (Å²) < 4.78 is 0. The zero-order valence-corrected chi connectivity index (χ0v) is 24.9. The second-order valence-corrected chi connectivity index (χ2v) is 13.7. The van der Waals surface area contributed by atoms with Crippen molar-refractivity contribution >= 4 is 5.97 Å². The third-order valence-electron chi connectivity index (χ3n) is 11.2. The van der Waals surface area contributed by atoms with Crippen molar-refractivity contribution in [1.29, 1.82) is 0 Å². The molecular weight excluding hydrogens is 484 g/mol. The number of phenols is 1. The summed E-state index contributed by atoms with van der Waals surface area (Å²) in [6.07, 6.45) is 21.4. The summed E-state index contributed by atoms with van der Waals surface area (Å²) in [5.74, 6) is 2.12. The molecule has 3 aliphatic carbocycles. The zero-order valence-electron chi connectivity index (χ0n) is 24.9. The molecule has 3 aliphatic rings. The predicted octanol–water partition coefficient (Wildman–Crippen LogP) is 9.02. The van der Waals surface area contributed by atoms with Crippen molar-refractivity contribution in [2.75, 3.05) is 0 Å². The molecule has 0 saturated heterocycles. The van der Waals surface area contributed by atoms with Crippen molar-refractivity contribution in [3.8, 4) is 5.75 Å². The van der Waals surface area contributed by atoms with Gasteiger partial charge in [0.05, 0.1) is 12.0 Å². The largest absolute Gasteiger partial charge is 0.508 e. The Kier molecular flexibility index (Phi) is 11.2. The van der Waals surface area contributed by atoms with Gasteiger partial charge in [0.2, 0.25) is 0 Å². The van der Waals surface area contributed by atoms with Crippen molar-refractivity contribution in [3.63, 3.8) is 0 Å². The fourth-order valence-electron chi connectivity index (χ4n) is 9.02. The van der Waals surface area contributed by atoms with Crippen LogP contribution in [0.4, 0.5) is 0 Å². The van der Waals surface area contributed by atoms with Crippen LogP contribution in [0.2, 0.25) is 0 Å². The molecule has 0 bridgehead atoms. The number of carbonyl (C=O) groups is 1.